The first-order valence-corrected chi connectivity index (χ1v) is 6.87. The Balaban J connectivity index is 2.02. The molecule has 1 aliphatic rings. The molecule has 110 valence electrons. The van der Waals surface area contributed by atoms with E-state index in [9.17, 15) is 0 Å². The first-order valence-electron chi connectivity index (χ1n) is 6.87. The van der Waals surface area contributed by atoms with E-state index in [0.717, 1.165) is 29.3 Å². The van der Waals surface area contributed by atoms with Crippen LogP contribution in [0.25, 0.3) is 0 Å². The SMILES string of the molecule is COCc1cc(NN)nc(C2CCOc3ccccc32)n1. The van der Waals surface area contributed by atoms with Crippen LogP contribution in [0.15, 0.2) is 30.3 Å². The maximum atomic E-state index is 5.69. The van der Waals surface area contributed by atoms with Gasteiger partial charge in [0.1, 0.15) is 17.4 Å². The second-order valence-corrected chi connectivity index (χ2v) is 4.91. The number of para-hydroxylation sites is 1. The van der Waals surface area contributed by atoms with E-state index in [0.29, 0.717) is 19.0 Å². The Morgan fingerprint density at radius 2 is 2.24 bits per heavy atom. The lowest BCUT2D eigenvalue weighted by molar-refractivity contribution is 0.181. The Hall–Kier alpha value is -2.18. The Bertz CT molecular complexity index is 633. The summed E-state index contributed by atoms with van der Waals surface area (Å²) in [5.41, 5.74) is 4.51. The minimum atomic E-state index is 0.110. The molecular weight excluding hydrogens is 268 g/mol. The van der Waals surface area contributed by atoms with Crippen molar-refractivity contribution in [2.24, 2.45) is 5.84 Å². The van der Waals surface area contributed by atoms with Crippen molar-refractivity contribution >= 4 is 5.82 Å². The van der Waals surface area contributed by atoms with Gasteiger partial charge >= 0.3 is 0 Å². The lowest BCUT2D eigenvalue weighted by Gasteiger charge is -2.25. The van der Waals surface area contributed by atoms with Gasteiger partial charge in [-0.2, -0.15) is 0 Å². The van der Waals surface area contributed by atoms with Crippen LogP contribution in [-0.2, 0) is 11.3 Å². The van der Waals surface area contributed by atoms with Crippen LogP contribution in [-0.4, -0.2) is 23.7 Å². The van der Waals surface area contributed by atoms with Crippen molar-refractivity contribution in [1.82, 2.24) is 9.97 Å². The number of hydrazine groups is 1. The molecule has 0 aliphatic carbocycles. The molecule has 1 aromatic heterocycles. The van der Waals surface area contributed by atoms with Crippen molar-refractivity contribution in [1.29, 1.82) is 0 Å². The number of nitrogens with two attached hydrogens (primary N) is 1. The van der Waals surface area contributed by atoms with Gasteiger partial charge in [0, 0.05) is 18.7 Å². The zero-order valence-electron chi connectivity index (χ0n) is 11.9. The van der Waals surface area contributed by atoms with Crippen LogP contribution in [0, 0.1) is 0 Å². The van der Waals surface area contributed by atoms with E-state index in [1.807, 2.05) is 18.2 Å². The first-order chi connectivity index (χ1) is 10.3. The molecule has 0 saturated heterocycles. The maximum absolute atomic E-state index is 5.69. The molecule has 1 aromatic carbocycles. The molecule has 0 spiro atoms. The van der Waals surface area contributed by atoms with Crippen molar-refractivity contribution in [3.63, 3.8) is 0 Å². The predicted octanol–water partition coefficient (Wildman–Crippen LogP) is 1.82. The van der Waals surface area contributed by atoms with E-state index in [-0.39, 0.29) is 5.92 Å². The van der Waals surface area contributed by atoms with Gasteiger partial charge in [-0.3, -0.25) is 0 Å². The highest BCUT2D eigenvalue weighted by Crippen LogP contribution is 2.36. The first kappa shape index (κ1) is 13.8. The smallest absolute Gasteiger partial charge is 0.144 e. The van der Waals surface area contributed by atoms with Crippen molar-refractivity contribution in [2.45, 2.75) is 18.9 Å². The summed E-state index contributed by atoms with van der Waals surface area (Å²) in [4.78, 5) is 9.10. The van der Waals surface area contributed by atoms with Crippen molar-refractivity contribution in [3.8, 4) is 5.75 Å². The number of benzene rings is 1. The van der Waals surface area contributed by atoms with Gasteiger partial charge in [0.25, 0.3) is 0 Å². The number of nitrogens with one attached hydrogen (secondary N) is 1. The molecule has 2 aromatic rings. The maximum Gasteiger partial charge on any atom is 0.144 e. The zero-order chi connectivity index (χ0) is 14.7. The fraction of sp³-hybridized carbons (Fsp3) is 0.333. The van der Waals surface area contributed by atoms with E-state index in [4.69, 9.17) is 15.3 Å². The minimum absolute atomic E-state index is 0.110. The Kier molecular flexibility index (Phi) is 3.98. The highest BCUT2D eigenvalue weighted by atomic mass is 16.5. The third-order valence-electron chi connectivity index (χ3n) is 3.51. The van der Waals surface area contributed by atoms with Crippen LogP contribution < -0.4 is 16.0 Å². The predicted molar refractivity (Wildman–Crippen MR) is 79.0 cm³/mol. The van der Waals surface area contributed by atoms with E-state index in [1.165, 1.54) is 0 Å². The Labute approximate surface area is 123 Å². The number of fused-ring (bicyclic) bond motifs is 1. The summed E-state index contributed by atoms with van der Waals surface area (Å²) in [6.45, 7) is 1.08. The average molecular weight is 286 g/mol. The van der Waals surface area contributed by atoms with Gasteiger partial charge in [0.2, 0.25) is 0 Å². The second kappa shape index (κ2) is 6.07. The standard InChI is InChI=1S/C15H18N4O2/c1-20-9-10-8-14(19-16)18-15(17-10)12-6-7-21-13-5-3-2-4-11(12)13/h2-5,8,12H,6-7,9,16H2,1H3,(H,17,18,19). The molecular formula is C15H18N4O2. The van der Waals surface area contributed by atoms with Crippen molar-refractivity contribution < 1.29 is 9.47 Å². The number of methoxy groups -OCH3 is 1. The molecule has 2 heterocycles. The number of nitrogens with zero attached hydrogens (tertiary/aromatic N) is 2. The topological polar surface area (TPSA) is 82.3 Å². The summed E-state index contributed by atoms with van der Waals surface area (Å²) in [6.07, 6.45) is 0.845. The summed E-state index contributed by atoms with van der Waals surface area (Å²) in [5.74, 6) is 7.85. The zero-order valence-corrected chi connectivity index (χ0v) is 11.9. The average Bonchev–Trinajstić information content (AvgIpc) is 2.54. The third kappa shape index (κ3) is 2.81. The molecule has 3 N–H and O–H groups in total. The lowest BCUT2D eigenvalue weighted by Crippen LogP contribution is -2.19. The fourth-order valence-corrected chi connectivity index (χ4v) is 2.58. The van der Waals surface area contributed by atoms with Crippen LogP contribution >= 0.6 is 0 Å². The van der Waals surface area contributed by atoms with Crippen LogP contribution in [0.1, 0.15) is 29.4 Å². The van der Waals surface area contributed by atoms with Crippen molar-refractivity contribution in [2.75, 3.05) is 19.1 Å². The molecule has 3 rings (SSSR count). The van der Waals surface area contributed by atoms with Gasteiger partial charge in [-0.05, 0) is 12.5 Å². The van der Waals surface area contributed by atoms with Crippen LogP contribution in [0.5, 0.6) is 5.75 Å². The number of anilines is 1. The molecule has 0 bridgehead atoms. The lowest BCUT2D eigenvalue weighted by atomic mass is 9.92. The molecule has 1 atom stereocenters. The highest BCUT2D eigenvalue weighted by Gasteiger charge is 2.25. The fourth-order valence-electron chi connectivity index (χ4n) is 2.58. The Morgan fingerprint density at radius 3 is 3.05 bits per heavy atom. The van der Waals surface area contributed by atoms with Gasteiger partial charge in [0.15, 0.2) is 0 Å². The molecule has 0 fully saturated rings. The second-order valence-electron chi connectivity index (χ2n) is 4.91. The number of aromatic nitrogens is 2. The molecule has 6 heteroatoms. The van der Waals surface area contributed by atoms with E-state index < -0.39 is 0 Å². The van der Waals surface area contributed by atoms with E-state index in [2.05, 4.69) is 21.5 Å². The summed E-state index contributed by atoms with van der Waals surface area (Å²) in [5, 5.41) is 0. The van der Waals surface area contributed by atoms with E-state index >= 15 is 0 Å². The number of rotatable bonds is 4. The number of ether oxygens (including phenoxy) is 2. The summed E-state index contributed by atoms with van der Waals surface area (Å²) in [6, 6.07) is 9.79. The number of hydrogen-bond donors (Lipinski definition) is 2. The van der Waals surface area contributed by atoms with Gasteiger partial charge in [-0.15, -0.1) is 0 Å². The Morgan fingerprint density at radius 1 is 1.38 bits per heavy atom. The largest absolute Gasteiger partial charge is 0.493 e. The third-order valence-corrected chi connectivity index (χ3v) is 3.51. The summed E-state index contributed by atoms with van der Waals surface area (Å²) in [7, 11) is 1.64. The van der Waals surface area contributed by atoms with Gasteiger partial charge < -0.3 is 14.9 Å². The van der Waals surface area contributed by atoms with E-state index in [1.54, 1.807) is 13.2 Å². The molecule has 6 nitrogen and oxygen atoms in total. The minimum Gasteiger partial charge on any atom is -0.493 e. The molecule has 1 aliphatic heterocycles. The summed E-state index contributed by atoms with van der Waals surface area (Å²) >= 11 is 0. The molecule has 0 saturated carbocycles. The molecule has 1 unspecified atom stereocenters. The molecule has 0 amide bonds. The quantitative estimate of drug-likeness (QED) is 0.659. The molecule has 0 radical (unpaired) electrons. The number of nitrogen functional groups attached to an aromatic ring is 1. The summed E-state index contributed by atoms with van der Waals surface area (Å²) < 4.78 is 10.8. The van der Waals surface area contributed by atoms with Crippen LogP contribution in [0.4, 0.5) is 5.82 Å². The van der Waals surface area contributed by atoms with Crippen molar-refractivity contribution in [3.05, 3.63) is 47.4 Å². The van der Waals surface area contributed by atoms with Crippen LogP contribution in [0.2, 0.25) is 0 Å². The monoisotopic (exact) mass is 286 g/mol. The van der Waals surface area contributed by atoms with Gasteiger partial charge in [-0.25, -0.2) is 15.8 Å². The van der Waals surface area contributed by atoms with Gasteiger partial charge in [-0.1, -0.05) is 18.2 Å². The van der Waals surface area contributed by atoms with Gasteiger partial charge in [0.05, 0.1) is 24.8 Å². The normalized spacial score (nSPS) is 17.0. The molecule has 21 heavy (non-hydrogen) atoms. The highest BCUT2D eigenvalue weighted by molar-refractivity contribution is 5.43. The van der Waals surface area contributed by atoms with Crippen LogP contribution in [0.3, 0.4) is 0 Å². The number of hydrogen-bond acceptors (Lipinski definition) is 6.